The monoisotopic (exact) mass is 349 g/mol. The molecule has 0 aliphatic carbocycles. The maximum Gasteiger partial charge on any atom is 0.327 e. The molecule has 0 fully saturated rings. The van der Waals surface area contributed by atoms with Gasteiger partial charge in [-0.1, -0.05) is 42.1 Å². The molecule has 128 valence electrons. The summed E-state index contributed by atoms with van der Waals surface area (Å²) in [4.78, 5) is 35.9. The topological polar surface area (TPSA) is 122 Å². The normalized spacial score (nSPS) is 21.0. The molecule has 0 spiro atoms. The molecule has 0 bridgehead atoms. The second-order valence-electron chi connectivity index (χ2n) is 5.87. The van der Waals surface area contributed by atoms with E-state index in [1.807, 2.05) is 0 Å². The van der Waals surface area contributed by atoms with E-state index in [1.165, 1.54) is 6.20 Å². The predicted molar refractivity (Wildman–Crippen MR) is 90.8 cm³/mol. The van der Waals surface area contributed by atoms with Gasteiger partial charge >= 0.3 is 5.97 Å². The number of hydrogen-bond donors (Lipinski definition) is 4. The van der Waals surface area contributed by atoms with Crippen LogP contribution in [0.1, 0.15) is 25.5 Å². The van der Waals surface area contributed by atoms with Crippen LogP contribution < -0.4 is 16.4 Å². The van der Waals surface area contributed by atoms with Crippen LogP contribution in [0.3, 0.4) is 0 Å². The molecule has 0 saturated heterocycles. The zero-order valence-corrected chi connectivity index (χ0v) is 14.1. The summed E-state index contributed by atoms with van der Waals surface area (Å²) < 4.78 is -0.882. The van der Waals surface area contributed by atoms with Crippen LogP contribution >= 0.6 is 11.8 Å². The number of carbonyl (C=O) groups is 3. The molecule has 24 heavy (non-hydrogen) atoms. The molecule has 1 aliphatic rings. The Bertz CT molecular complexity index is 688. The van der Waals surface area contributed by atoms with Gasteiger partial charge in [0, 0.05) is 10.9 Å². The van der Waals surface area contributed by atoms with Gasteiger partial charge in [-0.15, -0.1) is 0 Å². The highest BCUT2D eigenvalue weighted by Crippen LogP contribution is 2.33. The number of aliphatic carboxylic acids is 1. The highest BCUT2D eigenvalue weighted by Gasteiger charge is 2.40. The summed E-state index contributed by atoms with van der Waals surface area (Å²) >= 11 is 0.852. The lowest BCUT2D eigenvalue weighted by molar-refractivity contribution is -0.139. The Hall–Kier alpha value is -2.32. The Balaban J connectivity index is 2.15. The summed E-state index contributed by atoms with van der Waals surface area (Å²) in [6.07, 6.45) is 1.22. The molecule has 1 aliphatic heterocycles. The molecule has 2 rings (SSSR count). The average molecular weight is 349 g/mol. The minimum absolute atomic E-state index is 0.0202. The number of carbonyl (C=O) groups excluding carboxylic acids is 2. The molecule has 1 aromatic rings. The molecule has 0 radical (unpaired) electrons. The van der Waals surface area contributed by atoms with Gasteiger partial charge in [0.25, 0.3) is 0 Å². The largest absolute Gasteiger partial charge is 0.480 e. The van der Waals surface area contributed by atoms with Crippen molar-refractivity contribution >= 4 is 28.8 Å². The molecular formula is C16H19N3O4S. The van der Waals surface area contributed by atoms with Crippen molar-refractivity contribution in [1.82, 2.24) is 10.6 Å². The van der Waals surface area contributed by atoms with E-state index in [4.69, 9.17) is 5.73 Å². The van der Waals surface area contributed by atoms with Crippen LogP contribution in [0.25, 0.3) is 0 Å². The summed E-state index contributed by atoms with van der Waals surface area (Å²) in [6.45, 7) is 3.30. The van der Waals surface area contributed by atoms with Crippen molar-refractivity contribution in [2.75, 3.05) is 0 Å². The van der Waals surface area contributed by atoms with E-state index in [-0.39, 0.29) is 5.70 Å². The predicted octanol–water partition coefficient (Wildman–Crippen LogP) is 0.739. The number of nitrogens with two attached hydrogens (primary N) is 1. The fraction of sp³-hybridized carbons (Fsp3) is 0.312. The number of carboxylic acid groups (broad SMARTS) is 1. The minimum atomic E-state index is -1.08. The van der Waals surface area contributed by atoms with Gasteiger partial charge < -0.3 is 21.5 Å². The maximum absolute atomic E-state index is 12.3. The van der Waals surface area contributed by atoms with E-state index < -0.39 is 33.8 Å². The molecular weight excluding hydrogens is 330 g/mol. The summed E-state index contributed by atoms with van der Waals surface area (Å²) in [5.41, 5.74) is 6.49. The van der Waals surface area contributed by atoms with Gasteiger partial charge in [0.1, 0.15) is 17.8 Å². The molecule has 1 heterocycles. The Labute approximate surface area is 143 Å². The van der Waals surface area contributed by atoms with Crippen molar-refractivity contribution in [2.24, 2.45) is 5.73 Å². The summed E-state index contributed by atoms with van der Waals surface area (Å²) in [5.74, 6) is -1.63. The second kappa shape index (κ2) is 7.06. The lowest BCUT2D eigenvalue weighted by Crippen LogP contribution is -2.47. The fourth-order valence-electron chi connectivity index (χ4n) is 2.26. The van der Waals surface area contributed by atoms with Gasteiger partial charge in [-0.2, -0.15) is 0 Å². The van der Waals surface area contributed by atoms with E-state index in [2.05, 4.69) is 10.6 Å². The zero-order valence-electron chi connectivity index (χ0n) is 13.3. The van der Waals surface area contributed by atoms with Crippen LogP contribution in [-0.4, -0.2) is 32.9 Å². The number of amides is 1. The summed E-state index contributed by atoms with van der Waals surface area (Å²) in [7, 11) is 0. The first-order valence-corrected chi connectivity index (χ1v) is 8.08. The Morgan fingerprint density at radius 3 is 2.54 bits per heavy atom. The van der Waals surface area contributed by atoms with Crippen molar-refractivity contribution in [2.45, 2.75) is 30.7 Å². The third-order valence-electron chi connectivity index (χ3n) is 3.61. The zero-order chi connectivity index (χ0) is 17.9. The van der Waals surface area contributed by atoms with Gasteiger partial charge in [-0.05, 0) is 19.4 Å². The molecule has 0 unspecified atom stereocenters. The molecule has 0 saturated carbocycles. The number of hydrogen-bond acceptors (Lipinski definition) is 6. The summed E-state index contributed by atoms with van der Waals surface area (Å²) in [6, 6.07) is 6.85. The smallest absolute Gasteiger partial charge is 0.327 e. The van der Waals surface area contributed by atoms with E-state index in [0.717, 1.165) is 11.8 Å². The molecule has 2 atom stereocenters. The fourth-order valence-corrected chi connectivity index (χ4v) is 3.24. The van der Waals surface area contributed by atoms with Gasteiger partial charge in [0.2, 0.25) is 11.0 Å². The highest BCUT2D eigenvalue weighted by molar-refractivity contribution is 8.15. The highest BCUT2D eigenvalue weighted by atomic mass is 32.2. The molecule has 7 nitrogen and oxygen atoms in total. The van der Waals surface area contributed by atoms with E-state index in [9.17, 15) is 19.5 Å². The van der Waals surface area contributed by atoms with Crippen molar-refractivity contribution < 1.29 is 19.5 Å². The molecule has 8 heteroatoms. The van der Waals surface area contributed by atoms with Crippen molar-refractivity contribution in [1.29, 1.82) is 0 Å². The van der Waals surface area contributed by atoms with Crippen LogP contribution in [-0.2, 0) is 14.4 Å². The SMILES string of the molecule is CC1(C)SC(=O)C(NC(=O)[C@H](N)c2ccccc2)=CN[C@@H]1C(=O)O. The van der Waals surface area contributed by atoms with Gasteiger partial charge in [-0.3, -0.25) is 9.59 Å². The molecule has 1 aromatic carbocycles. The van der Waals surface area contributed by atoms with E-state index in [1.54, 1.807) is 44.2 Å². The van der Waals surface area contributed by atoms with Crippen LogP contribution in [0.2, 0.25) is 0 Å². The Morgan fingerprint density at radius 1 is 1.33 bits per heavy atom. The maximum atomic E-state index is 12.3. The number of carboxylic acids is 1. The first-order chi connectivity index (χ1) is 11.2. The minimum Gasteiger partial charge on any atom is -0.480 e. The first-order valence-electron chi connectivity index (χ1n) is 7.26. The third kappa shape index (κ3) is 3.95. The van der Waals surface area contributed by atoms with Crippen LogP contribution in [0.5, 0.6) is 0 Å². The number of rotatable bonds is 4. The Kier molecular flexibility index (Phi) is 5.30. The molecule has 5 N–H and O–H groups in total. The van der Waals surface area contributed by atoms with E-state index >= 15 is 0 Å². The molecule has 0 aromatic heterocycles. The summed E-state index contributed by atoms with van der Waals surface area (Å²) in [5, 5.41) is 14.0. The quantitative estimate of drug-likeness (QED) is 0.632. The van der Waals surface area contributed by atoms with Crippen LogP contribution in [0, 0.1) is 0 Å². The van der Waals surface area contributed by atoms with Crippen molar-refractivity contribution in [3.05, 3.63) is 47.8 Å². The lowest BCUT2D eigenvalue weighted by atomic mass is 10.0. The van der Waals surface area contributed by atoms with Crippen LogP contribution in [0.15, 0.2) is 42.2 Å². The lowest BCUT2D eigenvalue weighted by Gasteiger charge is -2.27. The standard InChI is InChI=1S/C16H19N3O4S/c1-16(2)12(14(21)22)18-8-10(15(23)24-16)19-13(20)11(17)9-6-4-3-5-7-9/h3-8,11-12,18H,17H2,1-2H3,(H,19,20)(H,21,22)/t11-,12-/m1/s1. The first kappa shape index (κ1) is 18.0. The molecule has 1 amide bonds. The van der Waals surface area contributed by atoms with Crippen LogP contribution in [0.4, 0.5) is 0 Å². The number of thioether (sulfide) groups is 1. The van der Waals surface area contributed by atoms with E-state index in [0.29, 0.717) is 5.56 Å². The Morgan fingerprint density at radius 2 is 1.96 bits per heavy atom. The number of nitrogens with one attached hydrogen (secondary N) is 2. The van der Waals surface area contributed by atoms with Crippen molar-refractivity contribution in [3.8, 4) is 0 Å². The third-order valence-corrected chi connectivity index (χ3v) is 4.78. The van der Waals surface area contributed by atoms with Gasteiger partial charge in [0.05, 0.1) is 0 Å². The number of benzene rings is 1. The second-order valence-corrected chi connectivity index (χ2v) is 7.49. The van der Waals surface area contributed by atoms with Gasteiger partial charge in [-0.25, -0.2) is 4.79 Å². The van der Waals surface area contributed by atoms with Gasteiger partial charge in [0.15, 0.2) is 0 Å². The average Bonchev–Trinajstić information content (AvgIpc) is 2.63. The van der Waals surface area contributed by atoms with Crippen molar-refractivity contribution in [3.63, 3.8) is 0 Å².